The van der Waals surface area contributed by atoms with Crippen molar-refractivity contribution in [2.24, 2.45) is 0 Å². The molecule has 0 saturated heterocycles. The molecule has 1 atom stereocenters. The fourth-order valence-electron chi connectivity index (χ4n) is 0.549. The third kappa shape index (κ3) is 1.20. The van der Waals surface area contributed by atoms with Crippen LogP contribution in [-0.4, -0.2) is 17.4 Å². The van der Waals surface area contributed by atoms with Gasteiger partial charge in [-0.25, -0.2) is 0 Å². The van der Waals surface area contributed by atoms with Crippen LogP contribution in [0.4, 0.5) is 0 Å². The van der Waals surface area contributed by atoms with Crippen molar-refractivity contribution >= 4 is 5.91 Å². The van der Waals surface area contributed by atoms with Crippen LogP contribution in [-0.2, 0) is 4.79 Å². The van der Waals surface area contributed by atoms with Gasteiger partial charge in [-0.3, -0.25) is 4.79 Å². The van der Waals surface area contributed by atoms with E-state index in [1.165, 1.54) is 6.20 Å². The number of hydrogen-bond donors (Lipinski definition) is 3. The third-order valence-corrected chi connectivity index (χ3v) is 1.08. The minimum Gasteiger partial charge on any atom is -0.356 e. The van der Waals surface area contributed by atoms with Gasteiger partial charge in [-0.05, 0) is 6.92 Å². The number of amides is 1. The van der Waals surface area contributed by atoms with E-state index in [0.717, 1.165) is 0 Å². The first-order valence-electron chi connectivity index (χ1n) is 2.62. The van der Waals surface area contributed by atoms with E-state index in [9.17, 15) is 4.79 Å². The molecular formula is C5H8N2O2. The highest BCUT2D eigenvalue weighted by atomic mass is 16.3. The molecule has 1 amide bonds. The number of carbonyl (C=O) groups excluding carboxylic acids is 1. The Hall–Kier alpha value is -1.03. The zero-order valence-electron chi connectivity index (χ0n) is 5.01. The molecular weight excluding hydrogens is 120 g/mol. The van der Waals surface area contributed by atoms with Gasteiger partial charge in [0.1, 0.15) is 0 Å². The standard InChI is InChI=1S/C5H8N2O2/c1-3-2-6-5(9)7-4(3)8/h2,5-6,9H,1H3,(H,7,8)/t5-/m0/s1. The molecule has 0 fully saturated rings. The Balaban J connectivity index is 2.68. The molecule has 1 rings (SSSR count). The van der Waals surface area contributed by atoms with Gasteiger partial charge in [0.25, 0.3) is 5.91 Å². The van der Waals surface area contributed by atoms with E-state index < -0.39 is 6.35 Å². The van der Waals surface area contributed by atoms with Gasteiger partial charge < -0.3 is 15.7 Å². The lowest BCUT2D eigenvalue weighted by Crippen LogP contribution is -2.47. The molecule has 50 valence electrons. The highest BCUT2D eigenvalue weighted by Gasteiger charge is 2.13. The Morgan fingerprint density at radius 2 is 2.44 bits per heavy atom. The summed E-state index contributed by atoms with van der Waals surface area (Å²) in [5, 5.41) is 13.5. The van der Waals surface area contributed by atoms with Crippen LogP contribution in [0.2, 0.25) is 0 Å². The highest BCUT2D eigenvalue weighted by molar-refractivity contribution is 5.93. The molecule has 4 nitrogen and oxygen atoms in total. The van der Waals surface area contributed by atoms with E-state index in [2.05, 4.69) is 10.6 Å². The summed E-state index contributed by atoms with van der Waals surface area (Å²) in [6.07, 6.45) is 0.546. The first-order valence-corrected chi connectivity index (χ1v) is 2.62. The van der Waals surface area contributed by atoms with E-state index in [1.807, 2.05) is 0 Å². The van der Waals surface area contributed by atoms with Gasteiger partial charge in [0, 0.05) is 11.8 Å². The summed E-state index contributed by atoms with van der Waals surface area (Å²) in [5.41, 5.74) is 0.570. The minimum absolute atomic E-state index is 0.235. The fraction of sp³-hybridized carbons (Fsp3) is 0.400. The second-order valence-electron chi connectivity index (χ2n) is 1.87. The summed E-state index contributed by atoms with van der Waals surface area (Å²) in [4.78, 5) is 10.6. The van der Waals surface area contributed by atoms with E-state index in [1.54, 1.807) is 6.92 Å². The number of hydrogen-bond acceptors (Lipinski definition) is 3. The van der Waals surface area contributed by atoms with Gasteiger partial charge in [0.2, 0.25) is 6.35 Å². The third-order valence-electron chi connectivity index (χ3n) is 1.08. The van der Waals surface area contributed by atoms with Crippen molar-refractivity contribution in [1.29, 1.82) is 0 Å². The van der Waals surface area contributed by atoms with Crippen LogP contribution in [0.5, 0.6) is 0 Å². The van der Waals surface area contributed by atoms with Gasteiger partial charge in [0.05, 0.1) is 0 Å². The monoisotopic (exact) mass is 128 g/mol. The van der Waals surface area contributed by atoms with Crippen LogP contribution in [0.1, 0.15) is 6.92 Å². The predicted molar refractivity (Wildman–Crippen MR) is 31.0 cm³/mol. The summed E-state index contributed by atoms with van der Waals surface area (Å²) in [6.45, 7) is 1.66. The van der Waals surface area contributed by atoms with Crippen LogP contribution in [0.3, 0.4) is 0 Å². The molecule has 1 aliphatic rings. The quantitative estimate of drug-likeness (QED) is 0.387. The lowest BCUT2D eigenvalue weighted by atomic mass is 10.3. The average Bonchev–Trinajstić information content (AvgIpc) is 1.80. The highest BCUT2D eigenvalue weighted by Crippen LogP contribution is 1.94. The first kappa shape index (κ1) is 6.10. The Bertz CT molecular complexity index is 164. The number of aliphatic hydroxyl groups excluding tert-OH is 1. The summed E-state index contributed by atoms with van der Waals surface area (Å²) >= 11 is 0. The van der Waals surface area contributed by atoms with Crippen molar-refractivity contribution in [3.05, 3.63) is 11.8 Å². The summed E-state index contributed by atoms with van der Waals surface area (Å²) in [6, 6.07) is 0. The lowest BCUT2D eigenvalue weighted by molar-refractivity contribution is -0.121. The van der Waals surface area contributed by atoms with E-state index >= 15 is 0 Å². The lowest BCUT2D eigenvalue weighted by Gasteiger charge is -2.17. The van der Waals surface area contributed by atoms with Crippen molar-refractivity contribution in [3.63, 3.8) is 0 Å². The molecule has 0 aromatic rings. The van der Waals surface area contributed by atoms with Crippen molar-refractivity contribution in [2.45, 2.75) is 13.3 Å². The predicted octanol–water partition coefficient (Wildman–Crippen LogP) is -1.11. The number of rotatable bonds is 0. The maximum absolute atomic E-state index is 10.6. The molecule has 0 aromatic heterocycles. The maximum atomic E-state index is 10.6. The molecule has 0 aliphatic carbocycles. The number of carbonyl (C=O) groups is 1. The minimum atomic E-state index is -0.929. The summed E-state index contributed by atoms with van der Waals surface area (Å²) in [7, 11) is 0. The van der Waals surface area contributed by atoms with Crippen molar-refractivity contribution in [3.8, 4) is 0 Å². The average molecular weight is 128 g/mol. The van der Waals surface area contributed by atoms with Crippen LogP contribution in [0.15, 0.2) is 11.8 Å². The maximum Gasteiger partial charge on any atom is 0.251 e. The molecule has 9 heavy (non-hydrogen) atoms. The SMILES string of the molecule is CC1=CN[C@H](O)NC1=O. The summed E-state index contributed by atoms with van der Waals surface area (Å²) < 4.78 is 0. The van der Waals surface area contributed by atoms with E-state index in [4.69, 9.17) is 5.11 Å². The van der Waals surface area contributed by atoms with Crippen LogP contribution >= 0.6 is 0 Å². The normalized spacial score (nSPS) is 26.2. The van der Waals surface area contributed by atoms with Crippen molar-refractivity contribution < 1.29 is 9.90 Å². The Morgan fingerprint density at radius 1 is 1.78 bits per heavy atom. The molecule has 1 aliphatic heterocycles. The molecule has 0 spiro atoms. The molecule has 0 radical (unpaired) electrons. The first-order chi connectivity index (χ1) is 4.20. The van der Waals surface area contributed by atoms with Crippen LogP contribution in [0.25, 0.3) is 0 Å². The Morgan fingerprint density at radius 3 is 2.89 bits per heavy atom. The molecule has 0 aromatic carbocycles. The molecule has 0 unspecified atom stereocenters. The molecule has 0 saturated carbocycles. The summed E-state index contributed by atoms with van der Waals surface area (Å²) in [5.74, 6) is -0.235. The Labute approximate surface area is 52.6 Å². The van der Waals surface area contributed by atoms with Crippen molar-refractivity contribution in [1.82, 2.24) is 10.6 Å². The smallest absolute Gasteiger partial charge is 0.251 e. The van der Waals surface area contributed by atoms with Gasteiger partial charge in [-0.1, -0.05) is 0 Å². The fourth-order valence-corrected chi connectivity index (χ4v) is 0.549. The largest absolute Gasteiger partial charge is 0.356 e. The molecule has 0 bridgehead atoms. The van der Waals surface area contributed by atoms with Gasteiger partial charge in [-0.2, -0.15) is 0 Å². The molecule has 1 heterocycles. The number of nitrogens with one attached hydrogen (secondary N) is 2. The van der Waals surface area contributed by atoms with Gasteiger partial charge in [-0.15, -0.1) is 0 Å². The Kier molecular flexibility index (Phi) is 1.40. The second-order valence-corrected chi connectivity index (χ2v) is 1.87. The van der Waals surface area contributed by atoms with Crippen LogP contribution < -0.4 is 10.6 Å². The zero-order valence-corrected chi connectivity index (χ0v) is 5.01. The van der Waals surface area contributed by atoms with Gasteiger partial charge in [0.15, 0.2) is 0 Å². The van der Waals surface area contributed by atoms with E-state index in [-0.39, 0.29) is 5.91 Å². The molecule has 3 N–H and O–H groups in total. The van der Waals surface area contributed by atoms with Crippen LogP contribution in [0, 0.1) is 0 Å². The van der Waals surface area contributed by atoms with Crippen molar-refractivity contribution in [2.75, 3.05) is 0 Å². The molecule has 4 heteroatoms. The topological polar surface area (TPSA) is 61.4 Å². The second kappa shape index (κ2) is 2.06. The van der Waals surface area contributed by atoms with E-state index in [0.29, 0.717) is 5.57 Å². The number of aliphatic hydroxyl groups is 1. The van der Waals surface area contributed by atoms with Gasteiger partial charge >= 0.3 is 0 Å². The zero-order chi connectivity index (χ0) is 6.85.